The van der Waals surface area contributed by atoms with Gasteiger partial charge in [0.25, 0.3) is 0 Å². The molecule has 0 saturated heterocycles. The van der Waals surface area contributed by atoms with E-state index >= 15 is 0 Å². The number of rotatable bonds is 4. The van der Waals surface area contributed by atoms with Gasteiger partial charge >= 0.3 is 0 Å². The van der Waals surface area contributed by atoms with Crippen molar-refractivity contribution < 1.29 is 14.3 Å². The molecular weight excluding hydrogens is 434 g/mol. The zero-order valence-corrected chi connectivity index (χ0v) is 22.4. The molecule has 7 unspecified atom stereocenters. The highest BCUT2D eigenvalue weighted by molar-refractivity contribution is 6.01. The summed E-state index contributed by atoms with van der Waals surface area (Å²) in [6, 6.07) is 2.15. The second-order valence-electron chi connectivity index (χ2n) is 13.8. The van der Waals surface area contributed by atoms with Gasteiger partial charge in [-0.15, -0.1) is 0 Å². The van der Waals surface area contributed by atoms with Crippen molar-refractivity contribution in [2.75, 3.05) is 13.7 Å². The number of methoxy groups -OCH3 is 1. The number of nitriles is 1. The lowest BCUT2D eigenvalue weighted by Crippen LogP contribution is -2.59. The fourth-order valence-corrected chi connectivity index (χ4v) is 9.53. The van der Waals surface area contributed by atoms with Gasteiger partial charge in [0.05, 0.1) is 5.57 Å². The first-order valence-electron chi connectivity index (χ1n) is 13.9. The average molecular weight is 478 g/mol. The van der Waals surface area contributed by atoms with Gasteiger partial charge in [0, 0.05) is 31.5 Å². The molecule has 0 spiro atoms. The number of hydrogen-bond acceptors (Lipinski definition) is 4. The van der Waals surface area contributed by atoms with Gasteiger partial charge in [-0.1, -0.05) is 39.3 Å². The van der Waals surface area contributed by atoms with Crippen LogP contribution in [0.4, 0.5) is 0 Å². The monoisotopic (exact) mass is 477 g/mol. The standard InChI is InChI=1S/C31H43NO3/c1-28(2)12-13-31(9-6-14-35-5)11-8-22-27(23(31)18-28)25(34)16-26-29(22,3)10-7-21-15-24(33)20(19-32)17-30(21,26)4/h16-17,21-23,27H,6-15,18H2,1-5H3. The van der Waals surface area contributed by atoms with Crippen LogP contribution >= 0.6 is 0 Å². The van der Waals surface area contributed by atoms with Gasteiger partial charge in [-0.2, -0.15) is 5.26 Å². The Balaban J connectivity index is 1.57. The molecule has 7 atom stereocenters. The van der Waals surface area contributed by atoms with E-state index in [1.807, 2.05) is 12.2 Å². The number of ketones is 2. The van der Waals surface area contributed by atoms with Crippen LogP contribution in [0.15, 0.2) is 23.3 Å². The Morgan fingerprint density at radius 2 is 1.83 bits per heavy atom. The van der Waals surface area contributed by atoms with Gasteiger partial charge in [-0.3, -0.25) is 9.59 Å². The van der Waals surface area contributed by atoms with Crippen LogP contribution in [-0.2, 0) is 14.3 Å². The first-order valence-corrected chi connectivity index (χ1v) is 13.9. The number of nitrogens with zero attached hydrogens (tertiary/aromatic N) is 1. The largest absolute Gasteiger partial charge is 0.385 e. The molecule has 0 amide bonds. The molecule has 35 heavy (non-hydrogen) atoms. The Kier molecular flexibility index (Phi) is 5.99. The van der Waals surface area contributed by atoms with Crippen LogP contribution in [-0.4, -0.2) is 25.3 Å². The summed E-state index contributed by atoms with van der Waals surface area (Å²) in [5, 5.41) is 9.63. The molecule has 3 fully saturated rings. The van der Waals surface area contributed by atoms with E-state index in [-0.39, 0.29) is 39.3 Å². The number of fused-ring (bicyclic) bond motifs is 7. The first kappa shape index (κ1) is 24.9. The Morgan fingerprint density at radius 1 is 1.06 bits per heavy atom. The molecule has 0 radical (unpaired) electrons. The number of hydrogen-bond donors (Lipinski definition) is 0. The van der Waals surface area contributed by atoms with E-state index in [1.54, 1.807) is 7.11 Å². The lowest BCUT2D eigenvalue weighted by atomic mass is 9.39. The zero-order chi connectivity index (χ0) is 25.2. The summed E-state index contributed by atoms with van der Waals surface area (Å²) >= 11 is 0. The highest BCUT2D eigenvalue weighted by Crippen LogP contribution is 2.69. The maximum Gasteiger partial charge on any atom is 0.173 e. The Hall–Kier alpha value is -1.73. The smallest absolute Gasteiger partial charge is 0.173 e. The van der Waals surface area contributed by atoms with Crippen molar-refractivity contribution in [2.45, 2.75) is 91.9 Å². The number of Topliss-reactive ketones (excluding diaryl/α,β-unsaturated/α-hetero) is 1. The lowest BCUT2D eigenvalue weighted by molar-refractivity contribution is -0.147. The second kappa shape index (κ2) is 8.41. The summed E-state index contributed by atoms with van der Waals surface area (Å²) < 4.78 is 5.42. The molecule has 4 heteroatoms. The summed E-state index contributed by atoms with van der Waals surface area (Å²) in [6.45, 7) is 10.2. The molecule has 0 aromatic rings. The van der Waals surface area contributed by atoms with E-state index in [9.17, 15) is 14.9 Å². The Morgan fingerprint density at radius 3 is 2.54 bits per heavy atom. The van der Waals surface area contributed by atoms with E-state index < -0.39 is 0 Å². The molecule has 3 saturated carbocycles. The molecule has 0 aliphatic heterocycles. The molecule has 5 aliphatic rings. The van der Waals surface area contributed by atoms with Crippen molar-refractivity contribution >= 4 is 11.6 Å². The lowest BCUT2D eigenvalue weighted by Gasteiger charge is -2.64. The second-order valence-corrected chi connectivity index (χ2v) is 13.8. The number of ether oxygens (including phenoxy) is 1. The minimum absolute atomic E-state index is 0.0258. The highest BCUT2D eigenvalue weighted by atomic mass is 16.5. The fourth-order valence-electron chi connectivity index (χ4n) is 9.53. The first-order chi connectivity index (χ1) is 16.5. The van der Waals surface area contributed by atoms with E-state index in [1.165, 1.54) is 31.3 Å². The van der Waals surface area contributed by atoms with Crippen molar-refractivity contribution in [3.8, 4) is 6.07 Å². The van der Waals surface area contributed by atoms with Gasteiger partial charge in [-0.05, 0) is 97.9 Å². The van der Waals surface area contributed by atoms with Gasteiger partial charge in [0.2, 0.25) is 0 Å². The third-order valence-corrected chi connectivity index (χ3v) is 11.5. The molecule has 0 aromatic carbocycles. The van der Waals surface area contributed by atoms with Crippen LogP contribution in [0.25, 0.3) is 0 Å². The average Bonchev–Trinajstić information content (AvgIpc) is 2.81. The third kappa shape index (κ3) is 3.71. The number of allylic oxidation sites excluding steroid dienone is 4. The third-order valence-electron chi connectivity index (χ3n) is 11.5. The van der Waals surface area contributed by atoms with E-state index in [4.69, 9.17) is 4.74 Å². The molecule has 0 heterocycles. The van der Waals surface area contributed by atoms with Crippen LogP contribution in [0, 0.1) is 56.7 Å². The maximum atomic E-state index is 14.1. The molecule has 0 aromatic heterocycles. The number of carbonyl (C=O) groups is 2. The molecule has 0 bridgehead atoms. The maximum absolute atomic E-state index is 14.1. The van der Waals surface area contributed by atoms with E-state index in [2.05, 4.69) is 33.8 Å². The topological polar surface area (TPSA) is 67.2 Å². The minimum Gasteiger partial charge on any atom is -0.385 e. The predicted molar refractivity (Wildman–Crippen MR) is 136 cm³/mol. The van der Waals surface area contributed by atoms with Crippen molar-refractivity contribution in [1.82, 2.24) is 0 Å². The van der Waals surface area contributed by atoms with Gasteiger partial charge in [0.15, 0.2) is 11.6 Å². The molecule has 5 aliphatic carbocycles. The van der Waals surface area contributed by atoms with Crippen molar-refractivity contribution in [3.05, 3.63) is 23.3 Å². The summed E-state index contributed by atoms with van der Waals surface area (Å²) in [6.07, 6.45) is 14.6. The molecule has 190 valence electrons. The molecule has 5 rings (SSSR count). The molecule has 4 nitrogen and oxygen atoms in total. The SMILES string of the molecule is COCCCC12CCC3C(C(=O)C=C4C5(C)C=C(C#N)C(=O)CC5CCC43C)C1CC(C)(C)CC2. The van der Waals surface area contributed by atoms with Crippen LogP contribution in [0.5, 0.6) is 0 Å². The molecular formula is C31H43NO3. The van der Waals surface area contributed by atoms with Gasteiger partial charge in [-0.25, -0.2) is 0 Å². The van der Waals surface area contributed by atoms with Crippen LogP contribution < -0.4 is 0 Å². The summed E-state index contributed by atoms with van der Waals surface area (Å²) in [5.74, 6) is 1.39. The fraction of sp³-hybridized carbons (Fsp3) is 0.774. The van der Waals surface area contributed by atoms with Crippen LogP contribution in [0.2, 0.25) is 0 Å². The summed E-state index contributed by atoms with van der Waals surface area (Å²) in [5.41, 5.74) is 1.64. The van der Waals surface area contributed by atoms with Crippen molar-refractivity contribution in [2.24, 2.45) is 45.3 Å². The van der Waals surface area contributed by atoms with E-state index in [0.717, 1.165) is 38.7 Å². The number of carbonyl (C=O) groups excluding carboxylic acids is 2. The highest BCUT2D eigenvalue weighted by Gasteiger charge is 2.63. The predicted octanol–water partition coefficient (Wildman–Crippen LogP) is 6.61. The van der Waals surface area contributed by atoms with Crippen LogP contribution in [0.3, 0.4) is 0 Å². The Labute approximate surface area is 211 Å². The van der Waals surface area contributed by atoms with Crippen molar-refractivity contribution in [3.63, 3.8) is 0 Å². The summed E-state index contributed by atoms with van der Waals surface area (Å²) in [4.78, 5) is 26.7. The van der Waals surface area contributed by atoms with Gasteiger partial charge < -0.3 is 4.74 Å². The van der Waals surface area contributed by atoms with E-state index in [0.29, 0.717) is 29.6 Å². The summed E-state index contributed by atoms with van der Waals surface area (Å²) in [7, 11) is 1.79. The minimum atomic E-state index is -0.370. The molecule has 0 N–H and O–H groups in total. The Bertz CT molecular complexity index is 1030. The normalized spacial score (nSPS) is 44.1. The quantitative estimate of drug-likeness (QED) is 0.428. The van der Waals surface area contributed by atoms with Gasteiger partial charge in [0.1, 0.15) is 6.07 Å². The zero-order valence-electron chi connectivity index (χ0n) is 22.4. The van der Waals surface area contributed by atoms with Crippen molar-refractivity contribution in [1.29, 1.82) is 5.26 Å². The van der Waals surface area contributed by atoms with Crippen LogP contribution in [0.1, 0.15) is 91.9 Å².